The smallest absolute Gasteiger partial charge is 0.140 e. The molecule has 0 fully saturated rings. The largest absolute Gasteiger partial charge is 0.302 e. The van der Waals surface area contributed by atoms with E-state index in [0.717, 1.165) is 10.8 Å². The minimum absolute atomic E-state index is 0.542. The van der Waals surface area contributed by atoms with E-state index in [1.165, 1.54) is 0 Å². The Morgan fingerprint density at radius 3 is 2.33 bits per heavy atom. The molecule has 1 aromatic heterocycles. The molecular weight excluding hydrogens is 220 g/mol. The van der Waals surface area contributed by atoms with Crippen LogP contribution < -0.4 is 0 Å². The highest BCUT2D eigenvalue weighted by atomic mass is 79.9. The number of halogens is 1. The Kier molecular flexibility index (Phi) is 2.57. The Morgan fingerprint density at radius 2 is 1.92 bits per heavy atom. The monoisotopic (exact) mass is 228 g/mol. The van der Waals surface area contributed by atoms with Gasteiger partial charge in [-0.2, -0.15) is 0 Å². The van der Waals surface area contributed by atoms with Crippen LogP contribution >= 0.6 is 15.9 Å². The number of hydrogen-bond donors (Lipinski definition) is 0. The molecule has 0 aliphatic carbocycles. The van der Waals surface area contributed by atoms with Gasteiger partial charge in [-0.3, -0.25) is 0 Å². The van der Waals surface area contributed by atoms with Crippen molar-refractivity contribution < 1.29 is 4.79 Å². The summed E-state index contributed by atoms with van der Waals surface area (Å²) in [6.07, 6.45) is 4.11. The maximum atomic E-state index is 10.6. The third-order valence-electron chi connectivity index (χ3n) is 1.49. The molecule has 0 saturated heterocycles. The third kappa shape index (κ3) is 1.88. The first-order valence-electron chi connectivity index (χ1n) is 3.50. The second-order valence-corrected chi connectivity index (χ2v) is 3.98. The molecular formula is C8H9BrN2O. The predicted octanol–water partition coefficient (Wildman–Crippen LogP) is 1.72. The summed E-state index contributed by atoms with van der Waals surface area (Å²) in [5.74, 6) is 0.542. The molecule has 3 nitrogen and oxygen atoms in total. The average Bonchev–Trinajstić information content (AvgIpc) is 2.05. The van der Waals surface area contributed by atoms with Crippen molar-refractivity contribution in [2.45, 2.75) is 19.3 Å². The highest BCUT2D eigenvalue weighted by Gasteiger charge is 2.22. The van der Waals surface area contributed by atoms with Crippen molar-refractivity contribution >= 4 is 22.2 Å². The van der Waals surface area contributed by atoms with E-state index in [4.69, 9.17) is 0 Å². The first-order chi connectivity index (χ1) is 5.56. The quantitative estimate of drug-likeness (QED) is 0.725. The van der Waals surface area contributed by atoms with Crippen molar-refractivity contribution in [2.24, 2.45) is 0 Å². The molecule has 0 aliphatic rings. The van der Waals surface area contributed by atoms with Crippen molar-refractivity contribution in [1.82, 2.24) is 9.97 Å². The Bertz CT molecular complexity index is 282. The number of carbonyl (C=O) groups excluding carboxylic acids is 1. The van der Waals surface area contributed by atoms with E-state index in [-0.39, 0.29) is 0 Å². The second kappa shape index (κ2) is 3.31. The molecule has 64 valence electrons. The van der Waals surface area contributed by atoms with Gasteiger partial charge in [-0.05, 0) is 29.8 Å². The molecule has 0 aliphatic heterocycles. The van der Waals surface area contributed by atoms with Gasteiger partial charge in [-0.1, -0.05) is 0 Å². The number of nitrogens with zero attached hydrogens (tertiary/aromatic N) is 2. The Balaban J connectivity index is 3.04. The van der Waals surface area contributed by atoms with E-state index in [0.29, 0.717) is 5.82 Å². The van der Waals surface area contributed by atoms with Gasteiger partial charge in [0.25, 0.3) is 0 Å². The third-order valence-corrected chi connectivity index (χ3v) is 1.90. The van der Waals surface area contributed by atoms with Crippen LogP contribution in [0.5, 0.6) is 0 Å². The van der Waals surface area contributed by atoms with Gasteiger partial charge in [-0.15, -0.1) is 0 Å². The molecule has 12 heavy (non-hydrogen) atoms. The van der Waals surface area contributed by atoms with Crippen LogP contribution in [-0.4, -0.2) is 16.3 Å². The van der Waals surface area contributed by atoms with E-state index in [1.807, 2.05) is 0 Å². The van der Waals surface area contributed by atoms with Gasteiger partial charge in [0.2, 0.25) is 0 Å². The highest BCUT2D eigenvalue weighted by Crippen LogP contribution is 2.16. The molecule has 1 aromatic rings. The summed E-state index contributed by atoms with van der Waals surface area (Å²) in [5.41, 5.74) is -0.597. The number of carbonyl (C=O) groups is 1. The molecule has 0 N–H and O–H groups in total. The van der Waals surface area contributed by atoms with E-state index in [9.17, 15) is 4.79 Å². The van der Waals surface area contributed by atoms with Crippen molar-refractivity contribution in [3.8, 4) is 0 Å². The predicted molar refractivity (Wildman–Crippen MR) is 48.8 cm³/mol. The molecule has 4 heteroatoms. The standard InChI is InChI=1S/C8H9BrN2O/c1-8(2,5-12)7-10-3-6(9)4-11-7/h3-5H,1-2H3. The minimum atomic E-state index is -0.597. The molecule has 0 bridgehead atoms. The normalized spacial score (nSPS) is 11.2. The fourth-order valence-electron chi connectivity index (χ4n) is 0.698. The van der Waals surface area contributed by atoms with E-state index >= 15 is 0 Å². The summed E-state index contributed by atoms with van der Waals surface area (Å²) in [6, 6.07) is 0. The first-order valence-corrected chi connectivity index (χ1v) is 4.30. The summed E-state index contributed by atoms with van der Waals surface area (Å²) in [7, 11) is 0. The van der Waals surface area contributed by atoms with Crippen molar-refractivity contribution in [2.75, 3.05) is 0 Å². The lowest BCUT2D eigenvalue weighted by Crippen LogP contribution is -2.21. The zero-order valence-electron chi connectivity index (χ0n) is 6.91. The second-order valence-electron chi connectivity index (χ2n) is 3.06. The Labute approximate surface area is 79.4 Å². The van der Waals surface area contributed by atoms with Crippen LogP contribution in [0.3, 0.4) is 0 Å². The van der Waals surface area contributed by atoms with E-state index in [1.54, 1.807) is 26.2 Å². The van der Waals surface area contributed by atoms with Crippen LogP contribution in [-0.2, 0) is 10.2 Å². The fraction of sp³-hybridized carbons (Fsp3) is 0.375. The van der Waals surface area contributed by atoms with Gasteiger partial charge in [0.05, 0.1) is 9.89 Å². The number of aldehydes is 1. The number of rotatable bonds is 2. The lowest BCUT2D eigenvalue weighted by atomic mass is 9.95. The summed E-state index contributed by atoms with van der Waals surface area (Å²) in [4.78, 5) is 18.7. The molecule has 0 aromatic carbocycles. The van der Waals surface area contributed by atoms with Gasteiger partial charge in [-0.25, -0.2) is 9.97 Å². The van der Waals surface area contributed by atoms with Gasteiger partial charge in [0.1, 0.15) is 12.1 Å². The zero-order valence-corrected chi connectivity index (χ0v) is 8.50. The Hall–Kier alpha value is -0.770. The maximum Gasteiger partial charge on any atom is 0.140 e. The summed E-state index contributed by atoms with van der Waals surface area (Å²) in [5, 5.41) is 0. The molecule has 0 radical (unpaired) electrons. The molecule has 0 saturated carbocycles. The average molecular weight is 229 g/mol. The Morgan fingerprint density at radius 1 is 1.42 bits per heavy atom. The SMILES string of the molecule is CC(C)(C=O)c1ncc(Br)cn1. The van der Waals surface area contributed by atoms with Gasteiger partial charge < -0.3 is 4.79 Å². The summed E-state index contributed by atoms with van der Waals surface area (Å²) < 4.78 is 0.813. The molecule has 0 unspecified atom stereocenters. The van der Waals surface area contributed by atoms with Crippen molar-refractivity contribution in [3.05, 3.63) is 22.7 Å². The van der Waals surface area contributed by atoms with Gasteiger partial charge >= 0.3 is 0 Å². The van der Waals surface area contributed by atoms with Crippen LogP contribution in [0, 0.1) is 0 Å². The van der Waals surface area contributed by atoms with Crippen LogP contribution in [0.2, 0.25) is 0 Å². The summed E-state index contributed by atoms with van der Waals surface area (Å²) >= 11 is 3.22. The van der Waals surface area contributed by atoms with Crippen molar-refractivity contribution in [3.63, 3.8) is 0 Å². The fourth-order valence-corrected chi connectivity index (χ4v) is 0.902. The van der Waals surface area contributed by atoms with Crippen LogP contribution in [0.25, 0.3) is 0 Å². The minimum Gasteiger partial charge on any atom is -0.302 e. The maximum absolute atomic E-state index is 10.6. The molecule has 0 atom stereocenters. The van der Waals surface area contributed by atoms with E-state index in [2.05, 4.69) is 25.9 Å². The molecule has 0 amide bonds. The van der Waals surface area contributed by atoms with Gasteiger partial charge in [0, 0.05) is 12.4 Å². The lowest BCUT2D eigenvalue weighted by Gasteiger charge is -2.13. The van der Waals surface area contributed by atoms with Crippen LogP contribution in [0.1, 0.15) is 19.7 Å². The number of aromatic nitrogens is 2. The highest BCUT2D eigenvalue weighted by molar-refractivity contribution is 9.10. The van der Waals surface area contributed by atoms with Gasteiger partial charge in [0.15, 0.2) is 0 Å². The molecule has 1 heterocycles. The lowest BCUT2D eigenvalue weighted by molar-refractivity contribution is -0.111. The van der Waals surface area contributed by atoms with Crippen LogP contribution in [0.4, 0.5) is 0 Å². The topological polar surface area (TPSA) is 42.9 Å². The zero-order chi connectivity index (χ0) is 9.19. The summed E-state index contributed by atoms with van der Waals surface area (Å²) in [6.45, 7) is 3.56. The van der Waals surface area contributed by atoms with Crippen molar-refractivity contribution in [1.29, 1.82) is 0 Å². The first kappa shape index (κ1) is 9.32. The molecule has 1 rings (SSSR count). The number of hydrogen-bond acceptors (Lipinski definition) is 3. The van der Waals surface area contributed by atoms with Crippen LogP contribution in [0.15, 0.2) is 16.9 Å². The molecule has 0 spiro atoms. The van der Waals surface area contributed by atoms with E-state index < -0.39 is 5.41 Å².